The second-order valence-electron chi connectivity index (χ2n) is 6.75. The molecular formula is C20H23ClN2O4. The summed E-state index contributed by atoms with van der Waals surface area (Å²) in [6.45, 7) is 5.25. The maximum absolute atomic E-state index is 12.7. The average Bonchev–Trinajstić information content (AvgIpc) is 3.24. The van der Waals surface area contributed by atoms with Gasteiger partial charge in [-0.05, 0) is 51.0 Å². The third-order valence-corrected chi connectivity index (χ3v) is 5.09. The van der Waals surface area contributed by atoms with Gasteiger partial charge < -0.3 is 19.8 Å². The molecule has 144 valence electrons. The molecule has 0 spiro atoms. The second kappa shape index (κ2) is 8.15. The number of aromatic nitrogens is 1. The van der Waals surface area contributed by atoms with Gasteiger partial charge in [0, 0.05) is 35.1 Å². The maximum Gasteiger partial charge on any atom is 0.252 e. The minimum absolute atomic E-state index is 0.152. The van der Waals surface area contributed by atoms with E-state index in [9.17, 15) is 9.59 Å². The number of rotatable bonds is 7. The molecule has 7 heteroatoms. The zero-order valence-corrected chi connectivity index (χ0v) is 16.2. The summed E-state index contributed by atoms with van der Waals surface area (Å²) in [6.07, 6.45) is 2.31. The number of hydrogen-bond donors (Lipinski definition) is 1. The van der Waals surface area contributed by atoms with Crippen molar-refractivity contribution in [1.29, 1.82) is 0 Å². The molecular weight excluding hydrogens is 368 g/mol. The van der Waals surface area contributed by atoms with Crippen molar-refractivity contribution in [2.75, 3.05) is 13.2 Å². The van der Waals surface area contributed by atoms with Crippen LogP contribution in [0.4, 0.5) is 0 Å². The van der Waals surface area contributed by atoms with E-state index < -0.39 is 5.91 Å². The highest BCUT2D eigenvalue weighted by Crippen LogP contribution is 2.24. The SMILES string of the molecule is Cc1cc(C(=O)COc2ccc(Cl)cc2C(N)=O)c(C)n1C[C@H]1CCCO1. The lowest BCUT2D eigenvalue weighted by molar-refractivity contribution is 0.0907. The number of carbonyl (C=O) groups excluding carboxylic acids is 2. The van der Waals surface area contributed by atoms with Crippen LogP contribution in [-0.4, -0.2) is 35.6 Å². The first-order valence-electron chi connectivity index (χ1n) is 8.90. The van der Waals surface area contributed by atoms with Gasteiger partial charge in [0.05, 0.1) is 11.7 Å². The molecule has 2 N–H and O–H groups in total. The van der Waals surface area contributed by atoms with E-state index in [4.69, 9.17) is 26.8 Å². The Balaban J connectivity index is 1.73. The number of Topliss-reactive ketones (excluding diaryl/α,β-unsaturated/α-hetero) is 1. The molecule has 1 aliphatic heterocycles. The first-order valence-corrected chi connectivity index (χ1v) is 9.28. The van der Waals surface area contributed by atoms with Crippen LogP contribution in [-0.2, 0) is 11.3 Å². The molecule has 27 heavy (non-hydrogen) atoms. The van der Waals surface area contributed by atoms with Gasteiger partial charge in [-0.15, -0.1) is 0 Å². The van der Waals surface area contributed by atoms with Crippen LogP contribution in [0.2, 0.25) is 5.02 Å². The number of nitrogens with zero attached hydrogens (tertiary/aromatic N) is 1. The number of ketones is 1. The van der Waals surface area contributed by atoms with Gasteiger partial charge in [0.2, 0.25) is 5.78 Å². The number of carbonyl (C=O) groups is 2. The van der Waals surface area contributed by atoms with E-state index in [1.165, 1.54) is 12.1 Å². The Bertz CT molecular complexity index is 869. The van der Waals surface area contributed by atoms with Gasteiger partial charge in [-0.3, -0.25) is 9.59 Å². The largest absolute Gasteiger partial charge is 0.485 e. The average molecular weight is 391 g/mol. The fraction of sp³-hybridized carbons (Fsp3) is 0.400. The first-order chi connectivity index (χ1) is 12.9. The zero-order valence-electron chi connectivity index (χ0n) is 15.5. The molecule has 2 heterocycles. The van der Waals surface area contributed by atoms with Crippen LogP contribution in [0.1, 0.15) is 44.9 Å². The van der Waals surface area contributed by atoms with Crippen LogP contribution in [0.3, 0.4) is 0 Å². The fourth-order valence-corrected chi connectivity index (χ4v) is 3.57. The molecule has 6 nitrogen and oxygen atoms in total. The Morgan fingerprint density at radius 3 is 2.74 bits per heavy atom. The molecule has 1 aromatic carbocycles. The van der Waals surface area contributed by atoms with Gasteiger partial charge >= 0.3 is 0 Å². The molecule has 0 radical (unpaired) electrons. The van der Waals surface area contributed by atoms with Crippen molar-refractivity contribution in [3.05, 3.63) is 51.8 Å². The smallest absolute Gasteiger partial charge is 0.252 e. The second-order valence-corrected chi connectivity index (χ2v) is 7.18. The Labute approximate surface area is 163 Å². The maximum atomic E-state index is 12.7. The van der Waals surface area contributed by atoms with Crippen molar-refractivity contribution in [2.24, 2.45) is 5.73 Å². The van der Waals surface area contributed by atoms with E-state index >= 15 is 0 Å². The molecule has 1 aliphatic rings. The van der Waals surface area contributed by atoms with Crippen molar-refractivity contribution < 1.29 is 19.1 Å². The monoisotopic (exact) mass is 390 g/mol. The summed E-state index contributed by atoms with van der Waals surface area (Å²) < 4.78 is 13.4. The molecule has 2 aromatic rings. The Kier molecular flexibility index (Phi) is 5.87. The predicted octanol–water partition coefficient (Wildman–Crippen LogP) is 3.30. The van der Waals surface area contributed by atoms with E-state index in [1.54, 1.807) is 6.07 Å². The number of primary amides is 1. The summed E-state index contributed by atoms with van der Waals surface area (Å²) in [5, 5.41) is 0.375. The lowest BCUT2D eigenvalue weighted by Gasteiger charge is -2.15. The molecule has 1 aromatic heterocycles. The van der Waals surface area contributed by atoms with Gasteiger partial charge in [0.25, 0.3) is 5.91 Å². The van der Waals surface area contributed by atoms with Gasteiger partial charge in [-0.1, -0.05) is 11.6 Å². The van der Waals surface area contributed by atoms with Crippen molar-refractivity contribution in [2.45, 2.75) is 39.3 Å². The van der Waals surface area contributed by atoms with Gasteiger partial charge in [-0.25, -0.2) is 0 Å². The van der Waals surface area contributed by atoms with Gasteiger partial charge in [0.1, 0.15) is 5.75 Å². The van der Waals surface area contributed by atoms with Crippen molar-refractivity contribution >= 4 is 23.3 Å². The van der Waals surface area contributed by atoms with E-state index in [2.05, 4.69) is 4.57 Å². The van der Waals surface area contributed by atoms with Gasteiger partial charge in [0.15, 0.2) is 6.61 Å². The quantitative estimate of drug-likeness (QED) is 0.735. The number of aryl methyl sites for hydroxylation is 1. The van der Waals surface area contributed by atoms with E-state index in [-0.39, 0.29) is 29.8 Å². The summed E-state index contributed by atoms with van der Waals surface area (Å²) >= 11 is 5.89. The van der Waals surface area contributed by atoms with Crippen LogP contribution in [0.15, 0.2) is 24.3 Å². The lowest BCUT2D eigenvalue weighted by atomic mass is 10.1. The van der Waals surface area contributed by atoms with Crippen LogP contribution in [0, 0.1) is 13.8 Å². The van der Waals surface area contributed by atoms with E-state index in [0.29, 0.717) is 10.6 Å². The summed E-state index contributed by atoms with van der Waals surface area (Å²) in [7, 11) is 0. The minimum Gasteiger partial charge on any atom is -0.485 e. The third kappa shape index (κ3) is 4.34. The van der Waals surface area contributed by atoms with Crippen molar-refractivity contribution in [3.8, 4) is 5.75 Å². The summed E-state index contributed by atoms with van der Waals surface area (Å²) in [5.74, 6) is -0.574. The lowest BCUT2D eigenvalue weighted by Crippen LogP contribution is -2.19. The van der Waals surface area contributed by atoms with Gasteiger partial charge in [-0.2, -0.15) is 0 Å². The topological polar surface area (TPSA) is 83.5 Å². The third-order valence-electron chi connectivity index (χ3n) is 4.85. The highest BCUT2D eigenvalue weighted by atomic mass is 35.5. The highest BCUT2D eigenvalue weighted by Gasteiger charge is 2.21. The molecule has 1 saturated heterocycles. The van der Waals surface area contributed by atoms with Crippen LogP contribution < -0.4 is 10.5 Å². The van der Waals surface area contributed by atoms with Crippen LogP contribution in [0.25, 0.3) is 0 Å². The first kappa shape index (κ1) is 19.5. The normalized spacial score (nSPS) is 16.5. The van der Waals surface area contributed by atoms with Crippen LogP contribution >= 0.6 is 11.6 Å². The number of nitrogens with two attached hydrogens (primary N) is 1. The number of hydrogen-bond acceptors (Lipinski definition) is 4. The Morgan fingerprint density at radius 1 is 1.30 bits per heavy atom. The summed E-state index contributed by atoms with van der Waals surface area (Å²) in [4.78, 5) is 24.2. The predicted molar refractivity (Wildman–Crippen MR) is 103 cm³/mol. The zero-order chi connectivity index (χ0) is 19.6. The van der Waals surface area contributed by atoms with E-state index in [0.717, 1.165) is 37.4 Å². The van der Waals surface area contributed by atoms with E-state index in [1.807, 2.05) is 19.9 Å². The van der Waals surface area contributed by atoms with Crippen molar-refractivity contribution in [1.82, 2.24) is 4.57 Å². The Hall–Kier alpha value is -2.31. The molecule has 0 unspecified atom stereocenters. The number of ether oxygens (including phenoxy) is 2. The fourth-order valence-electron chi connectivity index (χ4n) is 3.40. The molecule has 1 atom stereocenters. The number of benzene rings is 1. The molecule has 0 bridgehead atoms. The number of amides is 1. The van der Waals surface area contributed by atoms with Crippen LogP contribution in [0.5, 0.6) is 5.75 Å². The number of halogens is 1. The standard InChI is InChI=1S/C20H23ClN2O4/c1-12-8-16(13(2)23(12)10-15-4-3-7-26-15)18(24)11-27-19-6-5-14(21)9-17(19)20(22)25/h5-6,8-9,15H,3-4,7,10-11H2,1-2H3,(H2,22,25)/t15-/m1/s1. The minimum atomic E-state index is -0.658. The highest BCUT2D eigenvalue weighted by molar-refractivity contribution is 6.31. The molecule has 1 amide bonds. The molecule has 1 fully saturated rings. The molecule has 0 aliphatic carbocycles. The molecule has 3 rings (SSSR count). The molecule has 0 saturated carbocycles. The van der Waals surface area contributed by atoms with Crippen molar-refractivity contribution in [3.63, 3.8) is 0 Å². The summed E-state index contributed by atoms with van der Waals surface area (Å²) in [6, 6.07) is 6.42. The summed E-state index contributed by atoms with van der Waals surface area (Å²) in [5.41, 5.74) is 8.01. The Morgan fingerprint density at radius 2 is 2.07 bits per heavy atom.